The monoisotopic (exact) mass is 441 g/mol. The fourth-order valence-electron chi connectivity index (χ4n) is 3.33. The van der Waals surface area contributed by atoms with Crippen LogP contribution in [0.15, 0.2) is 96.0 Å². The summed E-state index contributed by atoms with van der Waals surface area (Å²) in [7, 11) is 0. The molecule has 5 heteroatoms. The van der Waals surface area contributed by atoms with E-state index < -0.39 is 5.97 Å². The SMILES string of the molecule is O=C(Oc1ccc(C=Nc2ccc3ccccc3c2)cc1)c1sc2ccccc2c1Cl. The van der Waals surface area contributed by atoms with E-state index >= 15 is 0 Å². The van der Waals surface area contributed by atoms with Gasteiger partial charge in [0, 0.05) is 16.3 Å². The minimum absolute atomic E-state index is 0.407. The van der Waals surface area contributed by atoms with Crippen LogP contribution in [-0.2, 0) is 0 Å². The molecule has 5 rings (SSSR count). The number of rotatable bonds is 4. The molecule has 0 spiro atoms. The molecular weight excluding hydrogens is 426 g/mol. The average molecular weight is 442 g/mol. The first-order valence-corrected chi connectivity index (χ1v) is 10.9. The van der Waals surface area contributed by atoms with E-state index in [0.29, 0.717) is 15.6 Å². The van der Waals surface area contributed by atoms with Gasteiger partial charge in [-0.2, -0.15) is 0 Å². The maximum absolute atomic E-state index is 12.6. The number of halogens is 1. The third-order valence-electron chi connectivity index (χ3n) is 4.91. The summed E-state index contributed by atoms with van der Waals surface area (Å²) < 4.78 is 6.48. The summed E-state index contributed by atoms with van der Waals surface area (Å²) in [6.07, 6.45) is 1.79. The van der Waals surface area contributed by atoms with Gasteiger partial charge in [0.05, 0.1) is 10.7 Å². The second-order valence-corrected chi connectivity index (χ2v) is 8.42. The normalized spacial score (nSPS) is 11.4. The molecule has 0 radical (unpaired) electrons. The molecule has 0 aliphatic rings. The van der Waals surface area contributed by atoms with Gasteiger partial charge >= 0.3 is 5.97 Å². The molecule has 0 N–H and O–H groups in total. The van der Waals surface area contributed by atoms with E-state index in [4.69, 9.17) is 16.3 Å². The van der Waals surface area contributed by atoms with Crippen molar-refractivity contribution in [1.82, 2.24) is 0 Å². The number of benzene rings is 4. The number of carbonyl (C=O) groups is 1. The van der Waals surface area contributed by atoms with Crippen molar-refractivity contribution in [1.29, 1.82) is 0 Å². The fourth-order valence-corrected chi connectivity index (χ4v) is 4.71. The molecule has 1 heterocycles. The fraction of sp³-hybridized carbons (Fsp3) is 0. The zero-order valence-electron chi connectivity index (χ0n) is 16.3. The molecule has 1 aromatic heterocycles. The van der Waals surface area contributed by atoms with E-state index in [1.165, 1.54) is 16.7 Å². The Morgan fingerprint density at radius 2 is 1.61 bits per heavy atom. The van der Waals surface area contributed by atoms with Crippen LogP contribution in [0.25, 0.3) is 20.9 Å². The molecule has 3 nitrogen and oxygen atoms in total. The minimum atomic E-state index is -0.455. The molecular formula is C26H16ClNO2S. The highest BCUT2D eigenvalue weighted by molar-refractivity contribution is 7.21. The minimum Gasteiger partial charge on any atom is -0.422 e. The maximum atomic E-state index is 12.6. The lowest BCUT2D eigenvalue weighted by Crippen LogP contribution is -2.06. The Balaban J connectivity index is 1.30. The molecule has 0 aliphatic heterocycles. The first-order valence-electron chi connectivity index (χ1n) is 9.69. The van der Waals surface area contributed by atoms with E-state index in [-0.39, 0.29) is 0 Å². The topological polar surface area (TPSA) is 38.7 Å². The molecule has 0 saturated heterocycles. The van der Waals surface area contributed by atoms with Crippen LogP contribution in [0.5, 0.6) is 5.75 Å². The summed E-state index contributed by atoms with van der Waals surface area (Å²) in [5.41, 5.74) is 1.79. The molecule has 5 aromatic rings. The molecule has 0 fully saturated rings. The number of hydrogen-bond acceptors (Lipinski definition) is 4. The Labute approximate surface area is 188 Å². The summed E-state index contributed by atoms with van der Waals surface area (Å²) in [6, 6.07) is 29.2. The molecule has 4 aromatic carbocycles. The van der Waals surface area contributed by atoms with Crippen LogP contribution < -0.4 is 4.74 Å². The van der Waals surface area contributed by atoms with Crippen molar-refractivity contribution in [3.63, 3.8) is 0 Å². The molecule has 0 amide bonds. The highest BCUT2D eigenvalue weighted by atomic mass is 35.5. The van der Waals surface area contributed by atoms with Gasteiger partial charge in [-0.1, -0.05) is 60.1 Å². The second-order valence-electron chi connectivity index (χ2n) is 6.99. The van der Waals surface area contributed by atoms with Crippen LogP contribution in [0.1, 0.15) is 15.2 Å². The second kappa shape index (κ2) is 8.34. The van der Waals surface area contributed by atoms with Gasteiger partial charge in [-0.3, -0.25) is 4.99 Å². The predicted octanol–water partition coefficient (Wildman–Crippen LogP) is 7.68. The van der Waals surface area contributed by atoms with Gasteiger partial charge in [0.15, 0.2) is 0 Å². The Morgan fingerprint density at radius 3 is 2.42 bits per heavy atom. The van der Waals surface area contributed by atoms with Crippen LogP contribution in [0.3, 0.4) is 0 Å². The summed E-state index contributed by atoms with van der Waals surface area (Å²) in [6.45, 7) is 0. The molecule has 0 saturated carbocycles. The van der Waals surface area contributed by atoms with E-state index in [9.17, 15) is 4.79 Å². The van der Waals surface area contributed by atoms with Crippen LogP contribution in [0, 0.1) is 0 Å². The van der Waals surface area contributed by atoms with Gasteiger partial charge in [0.25, 0.3) is 0 Å². The lowest BCUT2D eigenvalue weighted by Gasteiger charge is -2.03. The number of aliphatic imine (C=N–C) groups is 1. The highest BCUT2D eigenvalue weighted by Crippen LogP contribution is 2.35. The van der Waals surface area contributed by atoms with E-state index in [2.05, 4.69) is 29.3 Å². The highest BCUT2D eigenvalue weighted by Gasteiger charge is 2.18. The van der Waals surface area contributed by atoms with Crippen LogP contribution >= 0.6 is 22.9 Å². The lowest BCUT2D eigenvalue weighted by atomic mass is 10.1. The van der Waals surface area contributed by atoms with Gasteiger partial charge in [-0.25, -0.2) is 4.79 Å². The third kappa shape index (κ3) is 4.08. The number of thiophene rings is 1. The smallest absolute Gasteiger partial charge is 0.355 e. The first-order chi connectivity index (χ1) is 15.2. The van der Waals surface area contributed by atoms with Crippen LogP contribution in [-0.4, -0.2) is 12.2 Å². The summed E-state index contributed by atoms with van der Waals surface area (Å²) in [5.74, 6) is 0.00478. The van der Waals surface area contributed by atoms with E-state index in [1.54, 1.807) is 18.3 Å². The van der Waals surface area contributed by atoms with Crippen molar-refractivity contribution >= 4 is 61.7 Å². The van der Waals surface area contributed by atoms with E-state index in [1.807, 2.05) is 54.6 Å². The molecule has 0 bridgehead atoms. The number of hydrogen-bond donors (Lipinski definition) is 0. The van der Waals surface area contributed by atoms with Crippen molar-refractivity contribution in [2.75, 3.05) is 0 Å². The summed E-state index contributed by atoms with van der Waals surface area (Å²) >= 11 is 7.70. The number of esters is 1. The van der Waals surface area contributed by atoms with Crippen molar-refractivity contribution in [2.45, 2.75) is 0 Å². The van der Waals surface area contributed by atoms with Gasteiger partial charge in [0.2, 0.25) is 0 Å². The predicted molar refractivity (Wildman–Crippen MR) is 129 cm³/mol. The number of nitrogens with zero attached hydrogens (tertiary/aromatic N) is 1. The number of ether oxygens (including phenoxy) is 1. The first kappa shape index (κ1) is 19.5. The Hall–Kier alpha value is -3.47. The standard InChI is InChI=1S/C26H16ClNO2S/c27-24-22-7-3-4-8-23(22)31-25(24)26(29)30-21-13-9-17(10-14-21)16-28-20-12-11-18-5-1-2-6-19(18)15-20/h1-16H. The van der Waals surface area contributed by atoms with Gasteiger partial charge in [-0.05, 0) is 58.8 Å². The quantitative estimate of drug-likeness (QED) is 0.163. The van der Waals surface area contributed by atoms with Gasteiger partial charge < -0.3 is 4.74 Å². The van der Waals surface area contributed by atoms with Crippen molar-refractivity contribution < 1.29 is 9.53 Å². The van der Waals surface area contributed by atoms with Crippen molar-refractivity contribution in [3.8, 4) is 5.75 Å². The Kier molecular flexibility index (Phi) is 5.24. The summed E-state index contributed by atoms with van der Waals surface area (Å²) in [5, 5.41) is 3.64. The number of fused-ring (bicyclic) bond motifs is 2. The van der Waals surface area contributed by atoms with Gasteiger partial charge in [0.1, 0.15) is 10.6 Å². The molecule has 0 atom stereocenters. The molecule has 150 valence electrons. The Morgan fingerprint density at radius 1 is 0.871 bits per heavy atom. The third-order valence-corrected chi connectivity index (χ3v) is 6.56. The molecule has 0 aliphatic carbocycles. The van der Waals surface area contributed by atoms with Crippen LogP contribution in [0.4, 0.5) is 5.69 Å². The zero-order valence-corrected chi connectivity index (χ0v) is 17.9. The Bertz CT molecular complexity index is 1440. The molecule has 0 unspecified atom stereocenters. The summed E-state index contributed by atoms with van der Waals surface area (Å²) in [4.78, 5) is 17.5. The van der Waals surface area contributed by atoms with Crippen molar-refractivity contribution in [3.05, 3.63) is 106 Å². The largest absolute Gasteiger partial charge is 0.422 e. The maximum Gasteiger partial charge on any atom is 0.355 e. The average Bonchev–Trinajstić information content (AvgIpc) is 3.15. The van der Waals surface area contributed by atoms with E-state index in [0.717, 1.165) is 26.7 Å². The zero-order chi connectivity index (χ0) is 21.2. The lowest BCUT2D eigenvalue weighted by molar-refractivity contribution is 0.0740. The van der Waals surface area contributed by atoms with Gasteiger partial charge in [-0.15, -0.1) is 11.3 Å². The number of carbonyl (C=O) groups excluding carboxylic acids is 1. The molecule has 31 heavy (non-hydrogen) atoms. The van der Waals surface area contributed by atoms with Crippen molar-refractivity contribution in [2.24, 2.45) is 4.99 Å². The van der Waals surface area contributed by atoms with Crippen LogP contribution in [0.2, 0.25) is 5.02 Å².